The van der Waals surface area contributed by atoms with Crippen LogP contribution in [0.2, 0.25) is 0 Å². The molecule has 8 aromatic heterocycles. The van der Waals surface area contributed by atoms with Crippen LogP contribution in [-0.2, 0) is 0 Å². The maximum atomic E-state index is 6.44. The highest BCUT2D eigenvalue weighted by Gasteiger charge is 2.24. The Morgan fingerprint density at radius 2 is 0.443 bits per heavy atom. The van der Waals surface area contributed by atoms with Crippen LogP contribution in [0.25, 0.3) is 267 Å². The number of aromatic nitrogens is 12. The molecule has 0 saturated carbocycles. The molecule has 0 radical (unpaired) electrons. The summed E-state index contributed by atoms with van der Waals surface area (Å²) >= 11 is 0. The van der Waals surface area contributed by atoms with Crippen molar-refractivity contribution >= 4 is 131 Å². The van der Waals surface area contributed by atoms with Gasteiger partial charge in [-0.05, 0) is 145 Å². The minimum Gasteiger partial charge on any atom is -0.456 e. The van der Waals surface area contributed by atoms with Gasteiger partial charge in [-0.25, -0.2) is 59.8 Å². The number of fused-ring (bicyclic) bond motifs is 16. The van der Waals surface area contributed by atoms with Gasteiger partial charge in [0, 0.05) is 98.7 Å². The number of hydrogen-bond acceptors (Lipinski definition) is 16. The maximum Gasteiger partial charge on any atom is 0.167 e. The molecular weight excluding hydrogens is 1720 g/mol. The first-order valence-electron chi connectivity index (χ1n) is 46.2. The molecule has 0 saturated heterocycles. The van der Waals surface area contributed by atoms with Crippen molar-refractivity contribution < 1.29 is 17.7 Å². The second-order valence-corrected chi connectivity index (χ2v) is 34.1. The van der Waals surface area contributed by atoms with Gasteiger partial charge in [0.25, 0.3) is 0 Å². The number of nitrogens with zero attached hydrogens (tertiary/aromatic N) is 12. The van der Waals surface area contributed by atoms with Gasteiger partial charge in [0.1, 0.15) is 51.0 Å². The van der Waals surface area contributed by atoms with Crippen molar-refractivity contribution in [3.63, 3.8) is 0 Å². The van der Waals surface area contributed by atoms with E-state index in [0.717, 1.165) is 192 Å². The lowest BCUT2D eigenvalue weighted by Gasteiger charge is -2.10. The first kappa shape index (κ1) is 82.6. The average molecular weight is 1800 g/mol. The lowest BCUT2D eigenvalue weighted by atomic mass is 10.0. The predicted octanol–water partition coefficient (Wildman–Crippen LogP) is 31.7. The molecule has 0 N–H and O–H groups in total. The Balaban J connectivity index is 0.0000000992. The Labute approximate surface area is 800 Å². The summed E-state index contributed by atoms with van der Waals surface area (Å²) in [5.41, 5.74) is 19.3. The molecule has 0 bridgehead atoms. The molecule has 0 aliphatic carbocycles. The Hall–Kier alpha value is -19.3. The number of para-hydroxylation sites is 2. The van der Waals surface area contributed by atoms with Crippen LogP contribution in [-0.4, -0.2) is 59.8 Å². The van der Waals surface area contributed by atoms with Crippen LogP contribution >= 0.6 is 0 Å². The summed E-state index contributed by atoms with van der Waals surface area (Å²) in [7, 11) is 0. The van der Waals surface area contributed by atoms with Crippen molar-refractivity contribution in [1.82, 2.24) is 59.8 Å². The summed E-state index contributed by atoms with van der Waals surface area (Å²) in [6, 6.07) is 154. The van der Waals surface area contributed by atoms with Gasteiger partial charge >= 0.3 is 0 Å². The highest BCUT2D eigenvalue weighted by Crippen LogP contribution is 2.44. The molecule has 0 unspecified atom stereocenters. The van der Waals surface area contributed by atoms with Crippen molar-refractivity contribution in [2.45, 2.75) is 0 Å². The van der Waals surface area contributed by atoms with Crippen LogP contribution in [0.15, 0.2) is 479 Å². The van der Waals surface area contributed by atoms with E-state index < -0.39 is 0 Å². The molecule has 28 aromatic rings. The lowest BCUT2D eigenvalue weighted by Crippen LogP contribution is -2.00. The van der Waals surface area contributed by atoms with Crippen molar-refractivity contribution in [1.29, 1.82) is 0 Å². The monoisotopic (exact) mass is 1800 g/mol. The summed E-state index contributed by atoms with van der Waals surface area (Å²) in [5.74, 6) is 6.99. The molecule has 0 amide bonds. The molecule has 16 nitrogen and oxygen atoms in total. The van der Waals surface area contributed by atoms with Crippen molar-refractivity contribution in [2.75, 3.05) is 0 Å². The van der Waals surface area contributed by atoms with E-state index in [4.69, 9.17) is 67.5 Å². The molecule has 656 valence electrons. The number of furan rings is 4. The number of benzene rings is 20. The average Bonchev–Trinajstić information content (AvgIpc) is 1.62. The van der Waals surface area contributed by atoms with Gasteiger partial charge in [-0.3, -0.25) is 0 Å². The summed E-state index contributed by atoms with van der Waals surface area (Å²) in [4.78, 5) is 57.7. The van der Waals surface area contributed by atoms with Gasteiger partial charge in [-0.2, -0.15) is 0 Å². The topological polar surface area (TPSA) is 207 Å². The smallest absolute Gasteiger partial charge is 0.167 e. The van der Waals surface area contributed by atoms with E-state index >= 15 is 0 Å². The van der Waals surface area contributed by atoms with Crippen LogP contribution in [0.4, 0.5) is 0 Å². The van der Waals surface area contributed by atoms with Gasteiger partial charge in [0.15, 0.2) is 64.1 Å². The maximum absolute atomic E-state index is 6.44. The minimum absolute atomic E-state index is 0.590. The normalized spacial score (nSPS) is 11.4. The first-order valence-corrected chi connectivity index (χ1v) is 46.2. The van der Waals surface area contributed by atoms with E-state index in [1.807, 2.05) is 267 Å². The second-order valence-electron chi connectivity index (χ2n) is 34.1. The van der Waals surface area contributed by atoms with Crippen LogP contribution in [0.3, 0.4) is 0 Å². The lowest BCUT2D eigenvalue weighted by molar-refractivity contribution is 0.669. The summed E-state index contributed by atoms with van der Waals surface area (Å²) in [6.07, 6.45) is 1.58. The Morgan fingerprint density at radius 1 is 0.136 bits per heavy atom. The summed E-state index contributed by atoms with van der Waals surface area (Å²) in [6.45, 7) is 0. The fourth-order valence-electron chi connectivity index (χ4n) is 18.5. The molecule has 0 aliphatic heterocycles. The second kappa shape index (κ2) is 35.9. The Kier molecular flexibility index (Phi) is 21.2. The molecular formula is C124H76N12O4. The van der Waals surface area contributed by atoms with Gasteiger partial charge in [0.05, 0.1) is 5.56 Å². The van der Waals surface area contributed by atoms with E-state index in [0.29, 0.717) is 64.1 Å². The third kappa shape index (κ3) is 16.1. The van der Waals surface area contributed by atoms with Crippen molar-refractivity contribution in [3.05, 3.63) is 461 Å². The van der Waals surface area contributed by atoms with Gasteiger partial charge < -0.3 is 17.7 Å². The zero-order chi connectivity index (χ0) is 92.8. The van der Waals surface area contributed by atoms with Gasteiger partial charge in [0.2, 0.25) is 0 Å². The molecule has 16 heteroatoms. The van der Waals surface area contributed by atoms with Gasteiger partial charge in [-0.1, -0.05) is 364 Å². The third-order valence-corrected chi connectivity index (χ3v) is 25.3. The van der Waals surface area contributed by atoms with Crippen LogP contribution < -0.4 is 0 Å². The number of hydrogen-bond donors (Lipinski definition) is 0. The highest BCUT2D eigenvalue weighted by atomic mass is 16.3. The SMILES string of the molecule is c1ccc(-c2cccc(-c3nc(-c4ccccc4)nc(-c4cccc5oc6cc7ccccc7cc6c45)n3)c2)cc1.c1ccc(-c2nc(-c3ccccc3)nc(-c3ccc4oc5cc6ccccc6cc5c4c3)n2)cc1.c1ccc(-c2nc(-c3ccccc3)nc(-c3cccc4c3oc3cc5ccccc5cc34)n2)cc1.c1ccc(-c2ncnc(-c3cccc4cc5oc6ccccc6c5cc34)n2)cc1. The molecule has 28 rings (SSSR count). The van der Waals surface area contributed by atoms with E-state index in [1.165, 1.54) is 10.8 Å². The minimum atomic E-state index is 0.590. The molecule has 0 atom stereocenters. The molecule has 140 heavy (non-hydrogen) atoms. The van der Waals surface area contributed by atoms with E-state index in [1.54, 1.807) is 6.33 Å². The summed E-state index contributed by atoms with van der Waals surface area (Å²) < 4.78 is 25.0. The summed E-state index contributed by atoms with van der Waals surface area (Å²) in [5, 5.41) is 17.7. The quantitative estimate of drug-likeness (QED) is 0.111. The third-order valence-electron chi connectivity index (χ3n) is 25.3. The zero-order valence-corrected chi connectivity index (χ0v) is 74.9. The van der Waals surface area contributed by atoms with Crippen LogP contribution in [0.5, 0.6) is 0 Å². The predicted molar refractivity (Wildman–Crippen MR) is 564 cm³/mol. The van der Waals surface area contributed by atoms with E-state index in [-0.39, 0.29) is 0 Å². The molecule has 0 fully saturated rings. The standard InChI is InChI=1S/C37H23N3O.2C31H19N3O.C25H15N3O/c1-3-11-24(12-4-1)26-17-9-18-29(21-26)36-38-35(25-13-5-2-6-14-25)39-37(40-36)30-19-10-20-32-34(30)31-22-27-15-7-8-16-28(27)23-33(31)41-32;1-3-10-20(11-4-1)29-32-30(21-12-5-2-6-13-21)34-31(33-29)25-17-9-16-24-26-18-22-14-7-8-15-23(22)19-27(26)35-28(24)25;1-3-9-20(10-4-1)29-32-30(21-11-5-2-6-12-21)34-31(33-29)24-15-16-27-25(18-24)26-17-22-13-7-8-14-23(22)19-28(26)35-27;1-2-7-16(8-3-1)24-26-15-27-25(28-24)19-11-6-9-17-13-23-21(14-20(17)19)18-10-4-5-12-22(18)29-23/h1-23H;2*1-19H;1-15H. The van der Waals surface area contributed by atoms with Crippen molar-refractivity contribution in [2.24, 2.45) is 0 Å². The van der Waals surface area contributed by atoms with Crippen molar-refractivity contribution in [3.8, 4) is 136 Å². The van der Waals surface area contributed by atoms with Crippen LogP contribution in [0.1, 0.15) is 0 Å². The molecule has 8 heterocycles. The first-order chi connectivity index (χ1) is 69.3. The van der Waals surface area contributed by atoms with Gasteiger partial charge in [-0.15, -0.1) is 0 Å². The van der Waals surface area contributed by atoms with Crippen LogP contribution in [0, 0.1) is 0 Å². The fraction of sp³-hybridized carbons (Fsp3) is 0. The molecule has 20 aromatic carbocycles. The highest BCUT2D eigenvalue weighted by molar-refractivity contribution is 6.17. The fourth-order valence-corrected chi connectivity index (χ4v) is 18.5. The Bertz CT molecular complexity index is 9450. The Morgan fingerprint density at radius 3 is 0.971 bits per heavy atom. The zero-order valence-electron chi connectivity index (χ0n) is 74.9. The molecule has 0 aliphatic rings. The largest absolute Gasteiger partial charge is 0.456 e. The number of rotatable bonds is 12. The molecule has 0 spiro atoms. The van der Waals surface area contributed by atoms with E-state index in [2.05, 4.69) is 198 Å². The van der Waals surface area contributed by atoms with E-state index in [9.17, 15) is 0 Å².